The Balaban J connectivity index is 1.61. The van der Waals surface area contributed by atoms with Crippen LogP contribution in [0.3, 0.4) is 0 Å². The smallest absolute Gasteiger partial charge is 0.255 e. The number of benzene rings is 2. The van der Waals surface area contributed by atoms with E-state index in [1.807, 2.05) is 68.4 Å². The van der Waals surface area contributed by atoms with E-state index in [9.17, 15) is 4.79 Å². The first-order valence-corrected chi connectivity index (χ1v) is 8.77. The van der Waals surface area contributed by atoms with Crippen LogP contribution in [-0.4, -0.2) is 18.0 Å². The van der Waals surface area contributed by atoms with Gasteiger partial charge in [-0.25, -0.2) is 4.98 Å². The van der Waals surface area contributed by atoms with Crippen LogP contribution in [0, 0.1) is 13.8 Å². The Kier molecular flexibility index (Phi) is 5.71. The van der Waals surface area contributed by atoms with Crippen LogP contribution in [0.15, 0.2) is 60.8 Å². The van der Waals surface area contributed by atoms with Gasteiger partial charge in [0.1, 0.15) is 11.6 Å². The van der Waals surface area contributed by atoms with Crippen LogP contribution in [0.4, 0.5) is 11.5 Å². The van der Waals surface area contributed by atoms with Crippen molar-refractivity contribution in [3.8, 4) is 5.75 Å². The summed E-state index contributed by atoms with van der Waals surface area (Å²) in [6.07, 6.45) is 1.64. The molecule has 0 atom stereocenters. The number of rotatable bonds is 6. The summed E-state index contributed by atoms with van der Waals surface area (Å²) < 4.78 is 5.35. The first-order valence-electron chi connectivity index (χ1n) is 8.77. The van der Waals surface area contributed by atoms with Crippen molar-refractivity contribution in [2.24, 2.45) is 0 Å². The summed E-state index contributed by atoms with van der Waals surface area (Å²) in [6.45, 7) is 4.62. The van der Waals surface area contributed by atoms with Gasteiger partial charge in [0.15, 0.2) is 0 Å². The van der Waals surface area contributed by atoms with E-state index >= 15 is 0 Å². The minimum Gasteiger partial charge on any atom is -0.496 e. The van der Waals surface area contributed by atoms with Gasteiger partial charge in [-0.1, -0.05) is 24.3 Å². The highest BCUT2D eigenvalue weighted by Crippen LogP contribution is 2.19. The van der Waals surface area contributed by atoms with Gasteiger partial charge in [-0.15, -0.1) is 0 Å². The number of aryl methyl sites for hydroxylation is 2. The van der Waals surface area contributed by atoms with Crippen molar-refractivity contribution in [1.29, 1.82) is 0 Å². The molecule has 1 amide bonds. The van der Waals surface area contributed by atoms with Gasteiger partial charge in [0.2, 0.25) is 0 Å². The van der Waals surface area contributed by atoms with Crippen molar-refractivity contribution in [1.82, 2.24) is 4.98 Å². The summed E-state index contributed by atoms with van der Waals surface area (Å²) >= 11 is 0. The molecule has 0 saturated carbocycles. The molecule has 0 aliphatic rings. The van der Waals surface area contributed by atoms with E-state index < -0.39 is 0 Å². The van der Waals surface area contributed by atoms with Crippen molar-refractivity contribution in [3.63, 3.8) is 0 Å². The zero-order valence-corrected chi connectivity index (χ0v) is 15.7. The highest BCUT2D eigenvalue weighted by Gasteiger charge is 2.08. The molecule has 1 heterocycles. The van der Waals surface area contributed by atoms with E-state index in [0.717, 1.165) is 22.7 Å². The Morgan fingerprint density at radius 1 is 1.04 bits per heavy atom. The topological polar surface area (TPSA) is 63.2 Å². The van der Waals surface area contributed by atoms with Gasteiger partial charge >= 0.3 is 0 Å². The lowest BCUT2D eigenvalue weighted by Gasteiger charge is -2.11. The van der Waals surface area contributed by atoms with Crippen LogP contribution in [-0.2, 0) is 6.54 Å². The third-order valence-electron chi connectivity index (χ3n) is 4.44. The lowest BCUT2D eigenvalue weighted by atomic mass is 10.1. The molecule has 27 heavy (non-hydrogen) atoms. The van der Waals surface area contributed by atoms with Crippen molar-refractivity contribution in [2.75, 3.05) is 17.7 Å². The summed E-state index contributed by atoms with van der Waals surface area (Å²) in [5.74, 6) is 1.42. The number of carbonyl (C=O) groups excluding carboxylic acids is 1. The number of para-hydroxylation sites is 1. The molecule has 0 unspecified atom stereocenters. The van der Waals surface area contributed by atoms with E-state index in [1.165, 1.54) is 5.56 Å². The molecule has 0 spiro atoms. The van der Waals surface area contributed by atoms with Crippen molar-refractivity contribution >= 4 is 17.4 Å². The van der Waals surface area contributed by atoms with Crippen molar-refractivity contribution < 1.29 is 9.53 Å². The van der Waals surface area contributed by atoms with Crippen LogP contribution in [0.1, 0.15) is 27.0 Å². The average Bonchev–Trinajstić information content (AvgIpc) is 2.69. The molecule has 0 saturated heterocycles. The van der Waals surface area contributed by atoms with Crippen LogP contribution >= 0.6 is 0 Å². The highest BCUT2D eigenvalue weighted by atomic mass is 16.5. The Labute approximate surface area is 159 Å². The maximum absolute atomic E-state index is 12.4. The number of methoxy groups -OCH3 is 1. The molecule has 0 bridgehead atoms. The number of anilines is 2. The second-order valence-corrected chi connectivity index (χ2v) is 6.35. The fraction of sp³-hybridized carbons (Fsp3) is 0.182. The number of pyridine rings is 1. The first-order chi connectivity index (χ1) is 13.1. The molecule has 3 rings (SSSR count). The Morgan fingerprint density at radius 3 is 2.56 bits per heavy atom. The minimum absolute atomic E-state index is 0.144. The molecule has 0 aliphatic heterocycles. The largest absolute Gasteiger partial charge is 0.496 e. The standard InChI is InChI=1S/C22H23N3O2/c1-15-8-9-17(12-16(15)2)22(26)25-19-10-11-21(24-14-19)23-13-18-6-4-5-7-20(18)27-3/h4-12,14H,13H2,1-3H3,(H,23,24)(H,25,26). The third-order valence-corrected chi connectivity index (χ3v) is 4.44. The van der Waals surface area contributed by atoms with Crippen LogP contribution in [0.2, 0.25) is 0 Å². The summed E-state index contributed by atoms with van der Waals surface area (Å²) in [5, 5.41) is 6.13. The van der Waals surface area contributed by atoms with Crippen molar-refractivity contribution in [3.05, 3.63) is 83.0 Å². The molecule has 5 nitrogen and oxygen atoms in total. The number of carbonyl (C=O) groups is 1. The number of hydrogen-bond donors (Lipinski definition) is 2. The lowest BCUT2D eigenvalue weighted by Crippen LogP contribution is -2.12. The van der Waals surface area contributed by atoms with Crippen molar-refractivity contribution in [2.45, 2.75) is 20.4 Å². The molecule has 2 aromatic carbocycles. The van der Waals surface area contributed by atoms with E-state index in [-0.39, 0.29) is 5.91 Å². The summed E-state index contributed by atoms with van der Waals surface area (Å²) in [4.78, 5) is 16.7. The lowest BCUT2D eigenvalue weighted by molar-refractivity contribution is 0.102. The molecule has 1 aromatic heterocycles. The molecular weight excluding hydrogens is 338 g/mol. The molecular formula is C22H23N3O2. The summed E-state index contributed by atoms with van der Waals surface area (Å²) in [7, 11) is 1.66. The van der Waals surface area contributed by atoms with Gasteiger partial charge in [-0.05, 0) is 55.3 Å². The van der Waals surface area contributed by atoms with Gasteiger partial charge in [0.25, 0.3) is 5.91 Å². The normalized spacial score (nSPS) is 10.3. The molecule has 3 aromatic rings. The fourth-order valence-electron chi connectivity index (χ4n) is 2.69. The highest BCUT2D eigenvalue weighted by molar-refractivity contribution is 6.04. The van der Waals surface area contributed by atoms with Gasteiger partial charge in [0, 0.05) is 17.7 Å². The van der Waals surface area contributed by atoms with Gasteiger partial charge in [-0.3, -0.25) is 4.79 Å². The quantitative estimate of drug-likeness (QED) is 0.675. The van der Waals surface area contributed by atoms with E-state index in [1.54, 1.807) is 13.3 Å². The van der Waals surface area contributed by atoms with E-state index in [2.05, 4.69) is 15.6 Å². The predicted octanol–water partition coefficient (Wildman–Crippen LogP) is 4.57. The van der Waals surface area contributed by atoms with Crippen LogP contribution < -0.4 is 15.4 Å². The fourth-order valence-corrected chi connectivity index (χ4v) is 2.69. The van der Waals surface area contributed by atoms with E-state index in [0.29, 0.717) is 17.8 Å². The Hall–Kier alpha value is -3.34. The number of hydrogen-bond acceptors (Lipinski definition) is 4. The Bertz CT molecular complexity index is 937. The average molecular weight is 361 g/mol. The van der Waals surface area contributed by atoms with Gasteiger partial charge in [-0.2, -0.15) is 0 Å². The van der Waals surface area contributed by atoms with E-state index in [4.69, 9.17) is 4.74 Å². The molecule has 0 fully saturated rings. The molecule has 2 N–H and O–H groups in total. The van der Waals surface area contributed by atoms with Crippen LogP contribution in [0.5, 0.6) is 5.75 Å². The van der Waals surface area contributed by atoms with Crippen LogP contribution in [0.25, 0.3) is 0 Å². The predicted molar refractivity (Wildman–Crippen MR) is 108 cm³/mol. The number of nitrogens with one attached hydrogen (secondary N) is 2. The maximum atomic E-state index is 12.4. The molecule has 0 aliphatic carbocycles. The SMILES string of the molecule is COc1ccccc1CNc1ccc(NC(=O)c2ccc(C)c(C)c2)cn1. The molecule has 5 heteroatoms. The van der Waals surface area contributed by atoms with Gasteiger partial charge in [0.05, 0.1) is 19.0 Å². The zero-order chi connectivity index (χ0) is 19.2. The summed E-state index contributed by atoms with van der Waals surface area (Å²) in [5.41, 5.74) is 4.60. The summed E-state index contributed by atoms with van der Waals surface area (Å²) in [6, 6.07) is 17.2. The Morgan fingerprint density at radius 2 is 1.85 bits per heavy atom. The monoisotopic (exact) mass is 361 g/mol. The first kappa shape index (κ1) is 18.5. The second-order valence-electron chi connectivity index (χ2n) is 6.35. The minimum atomic E-state index is -0.144. The number of nitrogens with zero attached hydrogens (tertiary/aromatic N) is 1. The number of amides is 1. The maximum Gasteiger partial charge on any atom is 0.255 e. The molecule has 138 valence electrons. The second kappa shape index (κ2) is 8.36. The van der Waals surface area contributed by atoms with Gasteiger partial charge < -0.3 is 15.4 Å². The number of aromatic nitrogens is 1. The number of ether oxygens (including phenoxy) is 1. The third kappa shape index (κ3) is 4.64. The molecule has 0 radical (unpaired) electrons. The zero-order valence-electron chi connectivity index (χ0n) is 15.7.